The molecule has 5 nitrogen and oxygen atoms in total. The first-order valence-electron chi connectivity index (χ1n) is 10.0. The van der Waals surface area contributed by atoms with Gasteiger partial charge in [0.1, 0.15) is 6.61 Å². The second kappa shape index (κ2) is 7.46. The monoisotopic (exact) mass is 380 g/mol. The summed E-state index contributed by atoms with van der Waals surface area (Å²) in [5.74, 6) is 1.91. The number of fused-ring (bicyclic) bond motifs is 1. The van der Waals surface area contributed by atoms with E-state index in [9.17, 15) is 4.79 Å². The maximum Gasteiger partial charge on any atom is 0.267 e. The van der Waals surface area contributed by atoms with Gasteiger partial charge < -0.3 is 14.4 Å². The summed E-state index contributed by atoms with van der Waals surface area (Å²) in [5, 5.41) is 0. The van der Waals surface area contributed by atoms with Crippen molar-refractivity contribution in [2.75, 3.05) is 19.7 Å². The number of nitrogens with zero attached hydrogens (tertiary/aromatic N) is 2. The number of hydrogen-bond acceptors (Lipinski definition) is 4. The lowest BCUT2D eigenvalue weighted by Gasteiger charge is -2.35. The van der Waals surface area contributed by atoms with Gasteiger partial charge in [-0.05, 0) is 59.6 Å². The Labute approximate surface area is 166 Å². The normalized spacial score (nSPS) is 20.1. The highest BCUT2D eigenvalue weighted by Gasteiger charge is 2.33. The molecule has 2 aliphatic heterocycles. The number of ether oxygens (including phenoxy) is 2. The van der Waals surface area contributed by atoms with Crippen molar-refractivity contribution >= 4 is 5.91 Å². The largest absolute Gasteiger partial charge is 0.485 e. The summed E-state index contributed by atoms with van der Waals surface area (Å²) in [6.45, 7) is 8.27. The highest BCUT2D eigenvalue weighted by atomic mass is 16.6. The number of pyridine rings is 1. The minimum Gasteiger partial charge on any atom is -0.485 e. The zero-order chi connectivity index (χ0) is 19.7. The molecule has 148 valence electrons. The Hall–Kier alpha value is -2.56. The fraction of sp³-hybridized carbons (Fsp3) is 0.478. The van der Waals surface area contributed by atoms with Crippen molar-refractivity contribution < 1.29 is 14.3 Å². The molecule has 0 N–H and O–H groups in total. The molecule has 0 bridgehead atoms. The van der Waals surface area contributed by atoms with E-state index in [4.69, 9.17) is 9.47 Å². The number of piperidine rings is 1. The van der Waals surface area contributed by atoms with E-state index in [1.165, 1.54) is 11.1 Å². The summed E-state index contributed by atoms with van der Waals surface area (Å²) in [5.41, 5.74) is 2.55. The standard InChI is InChI=1S/C23H28N2O3/c1-23(2,3)18-4-5-19-20(14-18)27-15-21(28-19)22(26)25-12-8-17(9-13-25)16-6-10-24-11-7-16/h4-7,10-11,14,17,21H,8-9,12-13,15H2,1-3H3. The van der Waals surface area contributed by atoms with Gasteiger partial charge in [-0.3, -0.25) is 9.78 Å². The Morgan fingerprint density at radius 3 is 2.46 bits per heavy atom. The lowest BCUT2D eigenvalue weighted by molar-refractivity contribution is -0.142. The second-order valence-corrected chi connectivity index (χ2v) is 8.71. The van der Waals surface area contributed by atoms with Crippen molar-refractivity contribution in [1.29, 1.82) is 0 Å². The number of benzene rings is 1. The van der Waals surface area contributed by atoms with Crippen LogP contribution in [0.2, 0.25) is 0 Å². The van der Waals surface area contributed by atoms with Crippen LogP contribution in [0, 0.1) is 0 Å². The first kappa shape index (κ1) is 18.8. The van der Waals surface area contributed by atoms with Gasteiger partial charge in [0.05, 0.1) is 0 Å². The number of hydrogen-bond donors (Lipinski definition) is 0. The van der Waals surface area contributed by atoms with E-state index in [1.807, 2.05) is 29.4 Å². The van der Waals surface area contributed by atoms with Gasteiger partial charge in [-0.1, -0.05) is 26.8 Å². The summed E-state index contributed by atoms with van der Waals surface area (Å²) in [7, 11) is 0. The van der Waals surface area contributed by atoms with E-state index in [0.29, 0.717) is 11.7 Å². The molecule has 2 aliphatic rings. The van der Waals surface area contributed by atoms with Crippen LogP contribution in [-0.2, 0) is 10.2 Å². The van der Waals surface area contributed by atoms with E-state index in [2.05, 4.69) is 44.0 Å². The lowest BCUT2D eigenvalue weighted by Crippen LogP contribution is -2.48. The Kier molecular flexibility index (Phi) is 5.00. The van der Waals surface area contributed by atoms with Gasteiger partial charge in [0.15, 0.2) is 11.5 Å². The molecule has 1 aromatic carbocycles. The molecule has 0 radical (unpaired) electrons. The molecule has 0 aliphatic carbocycles. The molecule has 0 saturated carbocycles. The Morgan fingerprint density at radius 2 is 1.79 bits per heavy atom. The smallest absolute Gasteiger partial charge is 0.267 e. The van der Waals surface area contributed by atoms with Gasteiger partial charge in [-0.25, -0.2) is 0 Å². The minimum atomic E-state index is -0.564. The molecule has 1 amide bonds. The molecule has 5 heteroatoms. The first-order chi connectivity index (χ1) is 13.4. The Balaban J connectivity index is 1.38. The second-order valence-electron chi connectivity index (χ2n) is 8.71. The van der Waals surface area contributed by atoms with Gasteiger partial charge in [0, 0.05) is 25.5 Å². The van der Waals surface area contributed by atoms with Crippen molar-refractivity contribution in [3.8, 4) is 11.5 Å². The number of likely N-dealkylation sites (tertiary alicyclic amines) is 1. The molecule has 1 saturated heterocycles. The van der Waals surface area contributed by atoms with E-state index < -0.39 is 6.10 Å². The molecule has 1 fully saturated rings. The molecular formula is C23H28N2O3. The van der Waals surface area contributed by atoms with Crippen molar-refractivity contribution in [1.82, 2.24) is 9.88 Å². The van der Waals surface area contributed by atoms with Crippen molar-refractivity contribution in [3.05, 3.63) is 53.9 Å². The topological polar surface area (TPSA) is 51.7 Å². The lowest BCUT2D eigenvalue weighted by atomic mass is 9.87. The van der Waals surface area contributed by atoms with E-state index in [-0.39, 0.29) is 17.9 Å². The highest BCUT2D eigenvalue weighted by molar-refractivity contribution is 5.82. The average Bonchev–Trinajstić information content (AvgIpc) is 2.72. The molecule has 1 unspecified atom stereocenters. The molecule has 1 aromatic heterocycles. The van der Waals surface area contributed by atoms with Crippen LogP contribution in [0.4, 0.5) is 0 Å². The average molecular weight is 380 g/mol. The van der Waals surface area contributed by atoms with Crippen molar-refractivity contribution in [2.24, 2.45) is 0 Å². The maximum absolute atomic E-state index is 12.9. The van der Waals surface area contributed by atoms with Crippen molar-refractivity contribution in [3.63, 3.8) is 0 Å². The number of rotatable bonds is 2. The van der Waals surface area contributed by atoms with E-state index in [1.54, 1.807) is 0 Å². The van der Waals surface area contributed by atoms with Gasteiger partial charge in [-0.2, -0.15) is 0 Å². The summed E-state index contributed by atoms with van der Waals surface area (Å²) in [6.07, 6.45) is 5.04. The van der Waals surface area contributed by atoms with Gasteiger partial charge in [-0.15, -0.1) is 0 Å². The zero-order valence-electron chi connectivity index (χ0n) is 16.9. The van der Waals surface area contributed by atoms with Gasteiger partial charge in [0.25, 0.3) is 5.91 Å². The van der Waals surface area contributed by atoms with Crippen LogP contribution in [0.3, 0.4) is 0 Å². The molecule has 2 aromatic rings. The molecule has 4 rings (SSSR count). The van der Waals surface area contributed by atoms with Crippen molar-refractivity contribution in [2.45, 2.75) is 51.0 Å². The van der Waals surface area contributed by atoms with Crippen LogP contribution in [0.1, 0.15) is 50.7 Å². The first-order valence-corrected chi connectivity index (χ1v) is 10.0. The third-order valence-electron chi connectivity index (χ3n) is 5.73. The highest BCUT2D eigenvalue weighted by Crippen LogP contribution is 2.36. The maximum atomic E-state index is 12.9. The zero-order valence-corrected chi connectivity index (χ0v) is 16.9. The van der Waals surface area contributed by atoms with Crippen LogP contribution < -0.4 is 9.47 Å². The molecule has 3 heterocycles. The van der Waals surface area contributed by atoms with Gasteiger partial charge in [0.2, 0.25) is 6.10 Å². The number of amides is 1. The fourth-order valence-electron chi connectivity index (χ4n) is 3.93. The van der Waals surface area contributed by atoms with Crippen LogP contribution >= 0.6 is 0 Å². The SMILES string of the molecule is CC(C)(C)c1ccc2c(c1)OCC(C(=O)N1CCC(c3ccncc3)CC1)O2. The number of carbonyl (C=O) groups excluding carboxylic acids is 1. The molecule has 1 atom stereocenters. The Morgan fingerprint density at radius 1 is 1.07 bits per heavy atom. The van der Waals surface area contributed by atoms with E-state index in [0.717, 1.165) is 31.7 Å². The third kappa shape index (κ3) is 3.84. The van der Waals surface area contributed by atoms with Crippen LogP contribution in [-0.4, -0.2) is 41.6 Å². The molecule has 28 heavy (non-hydrogen) atoms. The summed E-state index contributed by atoms with van der Waals surface area (Å²) in [4.78, 5) is 18.9. The summed E-state index contributed by atoms with van der Waals surface area (Å²) < 4.78 is 11.9. The minimum absolute atomic E-state index is 0.0266. The quantitative estimate of drug-likeness (QED) is 0.792. The van der Waals surface area contributed by atoms with E-state index >= 15 is 0 Å². The number of aromatic nitrogens is 1. The summed E-state index contributed by atoms with van der Waals surface area (Å²) >= 11 is 0. The van der Waals surface area contributed by atoms with Crippen LogP contribution in [0.25, 0.3) is 0 Å². The van der Waals surface area contributed by atoms with Crippen LogP contribution in [0.15, 0.2) is 42.7 Å². The summed E-state index contributed by atoms with van der Waals surface area (Å²) in [6, 6.07) is 10.1. The Bertz CT molecular complexity index is 837. The van der Waals surface area contributed by atoms with Crippen LogP contribution in [0.5, 0.6) is 11.5 Å². The molecule has 0 spiro atoms. The predicted octanol–water partition coefficient (Wildman–Crippen LogP) is 3.93. The van der Waals surface area contributed by atoms with Gasteiger partial charge >= 0.3 is 0 Å². The third-order valence-corrected chi connectivity index (χ3v) is 5.73. The predicted molar refractivity (Wildman–Crippen MR) is 108 cm³/mol. The fourth-order valence-corrected chi connectivity index (χ4v) is 3.93. The number of carbonyl (C=O) groups is 1. The molecular weight excluding hydrogens is 352 g/mol.